The highest BCUT2D eigenvalue weighted by Crippen LogP contribution is 2.37. The van der Waals surface area contributed by atoms with E-state index in [2.05, 4.69) is 10.3 Å². The fourth-order valence-corrected chi connectivity index (χ4v) is 4.74. The number of likely N-dealkylation sites (tertiary alicyclic amines) is 1. The Labute approximate surface area is 236 Å². The minimum atomic E-state index is -3.13. The fourth-order valence-electron chi connectivity index (χ4n) is 4.74. The van der Waals surface area contributed by atoms with Gasteiger partial charge in [-0.05, 0) is 51.8 Å². The van der Waals surface area contributed by atoms with Crippen molar-refractivity contribution in [1.82, 2.24) is 19.6 Å². The lowest BCUT2D eigenvalue weighted by Crippen LogP contribution is -2.60. The van der Waals surface area contributed by atoms with Crippen LogP contribution in [0.4, 0.5) is 13.6 Å². The van der Waals surface area contributed by atoms with Crippen molar-refractivity contribution in [3.63, 3.8) is 0 Å². The molecule has 1 saturated heterocycles. The number of nitrogens with zero attached hydrogens (tertiary/aromatic N) is 3. The molecular formula is C29H34F2N4O6. The second-order valence-corrected chi connectivity index (χ2v) is 11.8. The molecule has 2 fully saturated rings. The average molecular weight is 573 g/mol. The Bertz CT molecular complexity index is 1460. The lowest BCUT2D eigenvalue weighted by molar-refractivity contribution is -0.0502. The van der Waals surface area contributed by atoms with Crippen molar-refractivity contribution in [2.24, 2.45) is 5.41 Å². The topological polar surface area (TPSA) is 104 Å². The van der Waals surface area contributed by atoms with Crippen LogP contribution in [0, 0.1) is 5.41 Å². The summed E-state index contributed by atoms with van der Waals surface area (Å²) in [6.07, 6.45) is 4.70. The van der Waals surface area contributed by atoms with Gasteiger partial charge in [0.2, 0.25) is 0 Å². The largest absolute Gasteiger partial charge is 0.496 e. The summed E-state index contributed by atoms with van der Waals surface area (Å²) in [5.74, 6) is -0.101. The number of rotatable bonds is 9. The minimum Gasteiger partial charge on any atom is -0.496 e. The van der Waals surface area contributed by atoms with Crippen LogP contribution in [0.1, 0.15) is 50.9 Å². The van der Waals surface area contributed by atoms with Crippen molar-refractivity contribution in [2.75, 3.05) is 26.8 Å². The number of carbonyl (C=O) groups excluding carboxylic acids is 2. The number of amides is 2. The quantitative estimate of drug-likeness (QED) is 0.379. The van der Waals surface area contributed by atoms with Crippen LogP contribution < -0.4 is 19.5 Å². The number of imidazole rings is 1. The van der Waals surface area contributed by atoms with Gasteiger partial charge in [-0.15, -0.1) is 0 Å². The molecule has 2 aromatic heterocycles. The number of nitrogens with one attached hydrogen (secondary N) is 1. The number of alkyl halides is 2. The van der Waals surface area contributed by atoms with E-state index in [0.717, 1.165) is 12.8 Å². The predicted octanol–water partition coefficient (Wildman–Crippen LogP) is 5.14. The maximum Gasteiger partial charge on any atom is 0.410 e. The summed E-state index contributed by atoms with van der Waals surface area (Å²) < 4.78 is 50.0. The maximum absolute atomic E-state index is 13.3. The van der Waals surface area contributed by atoms with Gasteiger partial charge in [0.05, 0.1) is 25.6 Å². The molecule has 1 aliphatic carbocycles. The number of aromatic nitrogens is 2. The molecule has 1 saturated carbocycles. The normalized spacial score (nSPS) is 16.3. The molecule has 0 unspecified atom stereocenters. The summed E-state index contributed by atoms with van der Waals surface area (Å²) >= 11 is 0. The summed E-state index contributed by atoms with van der Waals surface area (Å²) in [5.41, 5.74) is 0.783. The molecule has 5 rings (SSSR count). The molecule has 2 amide bonds. The first-order chi connectivity index (χ1) is 19.3. The first kappa shape index (κ1) is 28.4. The molecule has 2 aliphatic rings. The van der Waals surface area contributed by atoms with Crippen molar-refractivity contribution < 1.29 is 37.3 Å². The van der Waals surface area contributed by atoms with Crippen LogP contribution in [-0.2, 0) is 4.74 Å². The minimum absolute atomic E-state index is 0.0252. The summed E-state index contributed by atoms with van der Waals surface area (Å²) in [6.45, 7) is 5.86. The number of ether oxygens (including phenoxy) is 4. The third-order valence-corrected chi connectivity index (χ3v) is 6.81. The van der Waals surface area contributed by atoms with Crippen molar-refractivity contribution in [3.05, 3.63) is 42.2 Å². The third kappa shape index (κ3) is 6.47. The van der Waals surface area contributed by atoms with Crippen molar-refractivity contribution in [3.8, 4) is 28.5 Å². The van der Waals surface area contributed by atoms with E-state index in [0.29, 0.717) is 42.4 Å². The highest BCUT2D eigenvalue weighted by Gasteiger charge is 2.43. The molecule has 0 atom stereocenters. The highest BCUT2D eigenvalue weighted by molar-refractivity contribution is 6.01. The van der Waals surface area contributed by atoms with E-state index in [1.165, 1.54) is 13.2 Å². The van der Waals surface area contributed by atoms with E-state index >= 15 is 0 Å². The Morgan fingerprint density at radius 3 is 2.51 bits per heavy atom. The first-order valence-corrected chi connectivity index (χ1v) is 13.4. The summed E-state index contributed by atoms with van der Waals surface area (Å²) in [7, 11) is 1.37. The van der Waals surface area contributed by atoms with Gasteiger partial charge in [-0.3, -0.25) is 9.20 Å². The molecule has 10 nitrogen and oxygen atoms in total. The molecule has 0 spiro atoms. The first-order valence-electron chi connectivity index (χ1n) is 13.4. The maximum atomic E-state index is 13.3. The van der Waals surface area contributed by atoms with Crippen LogP contribution in [-0.4, -0.2) is 71.3 Å². The fraction of sp³-hybridized carbons (Fsp3) is 0.483. The molecule has 1 N–H and O–H groups in total. The highest BCUT2D eigenvalue weighted by atomic mass is 19.3. The number of hydrogen-bond acceptors (Lipinski definition) is 7. The Morgan fingerprint density at radius 1 is 1.17 bits per heavy atom. The van der Waals surface area contributed by atoms with Crippen molar-refractivity contribution in [2.45, 2.75) is 58.8 Å². The molecule has 12 heteroatoms. The molecule has 3 aromatic rings. The van der Waals surface area contributed by atoms with Gasteiger partial charge in [0.1, 0.15) is 34.1 Å². The van der Waals surface area contributed by atoms with Crippen LogP contribution in [0.5, 0.6) is 17.2 Å². The predicted molar refractivity (Wildman–Crippen MR) is 146 cm³/mol. The molecule has 0 bridgehead atoms. The van der Waals surface area contributed by atoms with Crippen LogP contribution >= 0.6 is 0 Å². The number of methoxy groups -OCH3 is 1. The number of benzene rings is 1. The van der Waals surface area contributed by atoms with Crippen molar-refractivity contribution in [1.29, 1.82) is 0 Å². The van der Waals surface area contributed by atoms with Gasteiger partial charge in [0.25, 0.3) is 5.91 Å². The van der Waals surface area contributed by atoms with Gasteiger partial charge < -0.3 is 29.2 Å². The molecule has 1 aromatic carbocycles. The molecular weight excluding hydrogens is 538 g/mol. The van der Waals surface area contributed by atoms with Gasteiger partial charge >= 0.3 is 12.7 Å². The number of hydrogen-bond donors (Lipinski definition) is 1. The zero-order valence-corrected chi connectivity index (χ0v) is 23.7. The molecule has 0 radical (unpaired) electrons. The molecule has 1 aliphatic heterocycles. The van der Waals surface area contributed by atoms with E-state index in [1.54, 1.807) is 39.9 Å². The summed E-state index contributed by atoms with van der Waals surface area (Å²) in [5, 5.41) is 2.80. The molecule has 3 heterocycles. The van der Waals surface area contributed by atoms with Crippen molar-refractivity contribution >= 4 is 17.6 Å². The Balaban J connectivity index is 1.32. The van der Waals surface area contributed by atoms with Crippen LogP contribution in [0.25, 0.3) is 16.9 Å². The Hall–Kier alpha value is -4.09. The Morgan fingerprint density at radius 2 is 1.88 bits per heavy atom. The number of pyridine rings is 1. The number of halogens is 2. The van der Waals surface area contributed by atoms with Crippen LogP contribution in [0.15, 0.2) is 36.7 Å². The second-order valence-electron chi connectivity index (χ2n) is 11.8. The molecule has 220 valence electrons. The zero-order chi connectivity index (χ0) is 29.5. The summed E-state index contributed by atoms with van der Waals surface area (Å²) in [4.78, 5) is 31.2. The lowest BCUT2D eigenvalue weighted by Gasteiger charge is -2.47. The number of fused-ring (bicyclic) bond motifs is 1. The van der Waals surface area contributed by atoms with E-state index in [-0.39, 0.29) is 34.6 Å². The van der Waals surface area contributed by atoms with Gasteiger partial charge in [-0.25, -0.2) is 9.78 Å². The number of carbonyl (C=O) groups is 2. The van der Waals surface area contributed by atoms with E-state index < -0.39 is 18.1 Å². The van der Waals surface area contributed by atoms with Gasteiger partial charge in [-0.2, -0.15) is 8.78 Å². The average Bonchev–Trinajstić information content (AvgIpc) is 3.58. The van der Waals surface area contributed by atoms with Crippen LogP contribution in [0.2, 0.25) is 0 Å². The van der Waals surface area contributed by atoms with Crippen LogP contribution in [0.3, 0.4) is 0 Å². The van der Waals surface area contributed by atoms with E-state index in [1.807, 2.05) is 27.7 Å². The second kappa shape index (κ2) is 10.7. The standard InChI is InChI=1S/C29H34F2N4O6/c1-28(2,3)41-27(37)34-14-29(4,15-34)16-39-19-8-9-35-20(13-32-23(35)12-19)17-10-21(38-5)24(22(11-17)40-26(30)31)25(36)33-18-6-7-18/h8-13,18,26H,6-7,14-16H2,1-5H3,(H,33,36). The lowest BCUT2D eigenvalue weighted by atomic mass is 9.83. The monoisotopic (exact) mass is 572 g/mol. The Kier molecular flexibility index (Phi) is 7.43. The zero-order valence-electron chi connectivity index (χ0n) is 23.7. The smallest absolute Gasteiger partial charge is 0.410 e. The van der Waals surface area contributed by atoms with E-state index in [9.17, 15) is 18.4 Å². The van der Waals surface area contributed by atoms with Gasteiger partial charge in [0.15, 0.2) is 0 Å². The summed E-state index contributed by atoms with van der Waals surface area (Å²) in [6, 6.07) is 6.55. The SMILES string of the molecule is COc1cc(-c2cnc3cc(OCC4(C)CN(C(=O)OC(C)(C)C)C4)ccn23)cc(OC(F)F)c1C(=O)NC1CC1. The van der Waals surface area contributed by atoms with Gasteiger partial charge in [-0.1, -0.05) is 6.92 Å². The van der Waals surface area contributed by atoms with Gasteiger partial charge in [0, 0.05) is 42.4 Å². The van der Waals surface area contributed by atoms with E-state index in [4.69, 9.17) is 18.9 Å². The third-order valence-electron chi connectivity index (χ3n) is 6.81. The molecule has 41 heavy (non-hydrogen) atoms.